The maximum atomic E-state index is 12.9. The minimum absolute atomic E-state index is 0.293. The van der Waals surface area contributed by atoms with Crippen LogP contribution in [0.4, 0.5) is 17.3 Å². The molecule has 0 spiro atoms. The third-order valence-corrected chi connectivity index (χ3v) is 4.14. The van der Waals surface area contributed by atoms with Crippen LogP contribution in [0.2, 0.25) is 0 Å². The Kier molecular flexibility index (Phi) is 4.78. The quantitative estimate of drug-likeness (QED) is 0.531. The molecule has 0 fully saturated rings. The third kappa shape index (κ3) is 3.72. The van der Waals surface area contributed by atoms with Crippen molar-refractivity contribution in [1.29, 1.82) is 0 Å². The van der Waals surface area contributed by atoms with Gasteiger partial charge >= 0.3 is 0 Å². The summed E-state index contributed by atoms with van der Waals surface area (Å²) < 4.78 is 1.17. The van der Waals surface area contributed by atoms with Crippen LogP contribution in [0.5, 0.6) is 0 Å². The summed E-state index contributed by atoms with van der Waals surface area (Å²) in [5.41, 5.74) is 2.93. The first kappa shape index (κ1) is 17.4. The second-order valence-corrected chi connectivity index (χ2v) is 6.21. The van der Waals surface area contributed by atoms with Crippen LogP contribution in [0.1, 0.15) is 5.56 Å². The van der Waals surface area contributed by atoms with Gasteiger partial charge in [0.1, 0.15) is 6.01 Å². The monoisotopic (exact) mass is 367 g/mol. The molecule has 6 nitrogen and oxygen atoms in total. The molecular weight excluding hydrogens is 350 g/mol. The van der Waals surface area contributed by atoms with Crippen LogP contribution in [0.15, 0.2) is 93.8 Å². The predicted octanol–water partition coefficient (Wildman–Crippen LogP) is 4.72. The lowest BCUT2D eigenvalue weighted by molar-refractivity contribution is 0.831. The standard InChI is InChI=1S/C22H17N5O/c1-16-11-13-17(14-12-16)23-15-24-27-21(28)19-9-5-6-10-20(19)26-22(27)25-18-7-3-2-4-8-18/h2-14H,1H3,(H,25,26). The molecular formula is C22H17N5O. The zero-order chi connectivity index (χ0) is 19.3. The summed E-state index contributed by atoms with van der Waals surface area (Å²) in [5, 5.41) is 7.74. The smallest absolute Gasteiger partial charge is 0.284 e. The average molecular weight is 367 g/mol. The van der Waals surface area contributed by atoms with Crippen molar-refractivity contribution in [2.45, 2.75) is 6.92 Å². The minimum atomic E-state index is -0.296. The van der Waals surface area contributed by atoms with Crippen LogP contribution in [-0.2, 0) is 0 Å². The number of nitrogens with zero attached hydrogens (tertiary/aromatic N) is 4. The molecule has 3 aromatic carbocycles. The van der Waals surface area contributed by atoms with Gasteiger partial charge in [0.2, 0.25) is 5.95 Å². The number of benzene rings is 3. The fourth-order valence-corrected chi connectivity index (χ4v) is 2.69. The van der Waals surface area contributed by atoms with Crippen molar-refractivity contribution in [3.63, 3.8) is 0 Å². The third-order valence-electron chi connectivity index (χ3n) is 4.14. The van der Waals surface area contributed by atoms with Crippen molar-refractivity contribution < 1.29 is 0 Å². The van der Waals surface area contributed by atoms with Gasteiger partial charge in [-0.25, -0.2) is 4.98 Å². The van der Waals surface area contributed by atoms with Crippen LogP contribution in [0.25, 0.3) is 10.9 Å². The Hall–Kier alpha value is -4.02. The van der Waals surface area contributed by atoms with Crippen LogP contribution in [0, 0.1) is 6.92 Å². The van der Waals surface area contributed by atoms with Gasteiger partial charge in [0.25, 0.3) is 5.56 Å². The van der Waals surface area contributed by atoms with Gasteiger partial charge in [-0.3, -0.25) is 4.79 Å². The van der Waals surface area contributed by atoms with Crippen molar-refractivity contribution in [2.75, 3.05) is 5.32 Å². The summed E-state index contributed by atoms with van der Waals surface area (Å²) >= 11 is 0. The maximum Gasteiger partial charge on any atom is 0.284 e. The molecule has 0 aliphatic rings. The van der Waals surface area contributed by atoms with Gasteiger partial charge in [0, 0.05) is 5.69 Å². The topological polar surface area (TPSA) is 71.6 Å². The molecule has 0 unspecified atom stereocenters. The van der Waals surface area contributed by atoms with Gasteiger partial charge in [0.05, 0.1) is 16.6 Å². The fourth-order valence-electron chi connectivity index (χ4n) is 2.69. The molecule has 1 heterocycles. The predicted molar refractivity (Wildman–Crippen MR) is 112 cm³/mol. The molecule has 0 aliphatic carbocycles. The molecule has 6 heteroatoms. The molecule has 0 amide bonds. The molecule has 136 valence electrons. The highest BCUT2D eigenvalue weighted by Crippen LogP contribution is 2.16. The minimum Gasteiger partial charge on any atom is -0.324 e. The molecule has 0 radical (unpaired) electrons. The van der Waals surface area contributed by atoms with Gasteiger partial charge in [0.15, 0.2) is 0 Å². The molecule has 4 aromatic rings. The number of rotatable bonds is 4. The molecule has 4 rings (SSSR count). The number of aryl methyl sites for hydroxylation is 1. The van der Waals surface area contributed by atoms with E-state index in [0.717, 1.165) is 11.3 Å². The molecule has 28 heavy (non-hydrogen) atoms. The first-order valence-electron chi connectivity index (χ1n) is 8.78. The summed E-state index contributed by atoms with van der Waals surface area (Å²) in [7, 11) is 0. The van der Waals surface area contributed by atoms with Gasteiger partial charge in [-0.05, 0) is 43.3 Å². The molecule has 0 saturated heterocycles. The summed E-state index contributed by atoms with van der Waals surface area (Å²) in [6.07, 6.45) is 0. The van der Waals surface area contributed by atoms with E-state index < -0.39 is 0 Å². The number of para-hydroxylation sites is 2. The first-order chi connectivity index (χ1) is 13.7. The Morgan fingerprint density at radius 3 is 2.43 bits per heavy atom. The highest BCUT2D eigenvalue weighted by Gasteiger charge is 2.10. The van der Waals surface area contributed by atoms with Crippen LogP contribution >= 0.6 is 0 Å². The van der Waals surface area contributed by atoms with E-state index in [1.54, 1.807) is 18.2 Å². The fraction of sp³-hybridized carbons (Fsp3) is 0.0455. The van der Waals surface area contributed by atoms with E-state index in [2.05, 4.69) is 26.4 Å². The summed E-state index contributed by atoms with van der Waals surface area (Å²) in [6.45, 7) is 2.00. The van der Waals surface area contributed by atoms with Gasteiger partial charge in [-0.15, -0.1) is 0 Å². The molecule has 0 bridgehead atoms. The van der Waals surface area contributed by atoms with Crippen molar-refractivity contribution in [3.8, 4) is 0 Å². The lowest BCUT2D eigenvalue weighted by atomic mass is 10.2. The summed E-state index contributed by atoms with van der Waals surface area (Å²) in [6, 6.07) is 26.9. The average Bonchev–Trinajstić information content (AvgIpc) is 2.72. The SMILES string of the molecule is Cc1ccc(N=C=Nn2c(Nc3ccccc3)nc3ccccc3c2=O)cc1. The normalized spacial score (nSPS) is 10.3. The molecule has 1 N–H and O–H groups in total. The summed E-state index contributed by atoms with van der Waals surface area (Å²) in [4.78, 5) is 21.7. The number of aliphatic imine (C=N–C) groups is 1. The zero-order valence-corrected chi connectivity index (χ0v) is 15.2. The van der Waals surface area contributed by atoms with Crippen LogP contribution in [0.3, 0.4) is 0 Å². The Bertz CT molecular complexity index is 1240. The summed E-state index contributed by atoms with van der Waals surface area (Å²) in [5.74, 6) is 0.293. The van der Waals surface area contributed by atoms with E-state index in [9.17, 15) is 4.79 Å². The second-order valence-electron chi connectivity index (χ2n) is 6.21. The highest BCUT2D eigenvalue weighted by molar-refractivity contribution is 5.79. The number of nitrogens with one attached hydrogen (secondary N) is 1. The number of hydrogen-bond donors (Lipinski definition) is 1. The van der Waals surface area contributed by atoms with E-state index in [0.29, 0.717) is 22.5 Å². The Morgan fingerprint density at radius 1 is 0.929 bits per heavy atom. The first-order valence-corrected chi connectivity index (χ1v) is 8.78. The van der Waals surface area contributed by atoms with Crippen molar-refractivity contribution >= 4 is 34.2 Å². The van der Waals surface area contributed by atoms with Crippen molar-refractivity contribution in [1.82, 2.24) is 9.66 Å². The molecule has 1 aromatic heterocycles. The molecule has 0 saturated carbocycles. The highest BCUT2D eigenvalue weighted by atomic mass is 16.1. The van der Waals surface area contributed by atoms with Crippen molar-refractivity contribution in [2.24, 2.45) is 10.1 Å². The molecule has 0 aliphatic heterocycles. The molecule has 0 atom stereocenters. The zero-order valence-electron chi connectivity index (χ0n) is 15.2. The number of hydrogen-bond acceptors (Lipinski definition) is 5. The van der Waals surface area contributed by atoms with E-state index in [1.807, 2.05) is 67.6 Å². The Morgan fingerprint density at radius 2 is 1.64 bits per heavy atom. The Balaban J connectivity index is 1.81. The van der Waals surface area contributed by atoms with E-state index >= 15 is 0 Å². The number of aromatic nitrogens is 2. The number of fused-ring (bicyclic) bond motifs is 1. The largest absolute Gasteiger partial charge is 0.324 e. The number of anilines is 2. The lowest BCUT2D eigenvalue weighted by Crippen LogP contribution is -2.20. The van der Waals surface area contributed by atoms with E-state index in [4.69, 9.17) is 0 Å². The van der Waals surface area contributed by atoms with Gasteiger partial charge in [-0.2, -0.15) is 9.67 Å². The van der Waals surface area contributed by atoms with Crippen LogP contribution < -0.4 is 10.9 Å². The van der Waals surface area contributed by atoms with Gasteiger partial charge in [-0.1, -0.05) is 53.1 Å². The van der Waals surface area contributed by atoms with E-state index in [-0.39, 0.29) is 5.56 Å². The van der Waals surface area contributed by atoms with Crippen molar-refractivity contribution in [3.05, 3.63) is 94.8 Å². The maximum absolute atomic E-state index is 12.9. The van der Waals surface area contributed by atoms with Gasteiger partial charge < -0.3 is 5.32 Å². The Labute approximate surface area is 161 Å². The lowest BCUT2D eigenvalue weighted by Gasteiger charge is -2.10. The second kappa shape index (κ2) is 7.70. The van der Waals surface area contributed by atoms with Crippen LogP contribution in [-0.4, -0.2) is 15.7 Å². The van der Waals surface area contributed by atoms with E-state index in [1.165, 1.54) is 4.68 Å².